The van der Waals surface area contributed by atoms with Crippen LogP contribution >= 0.6 is 10.7 Å². The largest absolute Gasteiger partial charge is 0.366 e. The number of carbonyl (C=O) groups is 1. The van der Waals surface area contributed by atoms with E-state index in [1.165, 1.54) is 18.2 Å². The molecule has 4 nitrogen and oxygen atoms in total. The second-order valence-corrected chi connectivity index (χ2v) is 5.34. The Morgan fingerprint density at radius 1 is 1.43 bits per heavy atom. The van der Waals surface area contributed by atoms with Crippen LogP contribution in [0.25, 0.3) is 0 Å². The van der Waals surface area contributed by atoms with Gasteiger partial charge in [0, 0.05) is 16.2 Å². The quantitative estimate of drug-likeness (QED) is 0.775. The Morgan fingerprint density at radius 2 is 2.00 bits per heavy atom. The first kappa shape index (κ1) is 11.0. The number of amides is 1. The molecule has 0 aliphatic heterocycles. The second-order valence-electron chi connectivity index (χ2n) is 2.78. The number of benzene rings is 1. The van der Waals surface area contributed by atoms with Crippen molar-refractivity contribution in [3.8, 4) is 0 Å². The summed E-state index contributed by atoms with van der Waals surface area (Å²) in [6.07, 6.45) is 0. The van der Waals surface area contributed by atoms with Crippen molar-refractivity contribution in [2.45, 2.75) is 11.8 Å². The van der Waals surface area contributed by atoms with E-state index in [1.54, 1.807) is 6.92 Å². The molecule has 0 radical (unpaired) electrons. The van der Waals surface area contributed by atoms with Crippen molar-refractivity contribution < 1.29 is 13.2 Å². The van der Waals surface area contributed by atoms with Crippen molar-refractivity contribution >= 4 is 25.6 Å². The predicted molar refractivity (Wildman–Crippen MR) is 52.7 cm³/mol. The molecule has 0 aliphatic carbocycles. The molecular weight excluding hydrogens is 226 g/mol. The van der Waals surface area contributed by atoms with E-state index in [2.05, 4.69) is 0 Å². The van der Waals surface area contributed by atoms with Crippen LogP contribution in [0.15, 0.2) is 23.1 Å². The highest BCUT2D eigenvalue weighted by Gasteiger charge is 2.13. The van der Waals surface area contributed by atoms with Gasteiger partial charge < -0.3 is 5.73 Å². The van der Waals surface area contributed by atoms with Crippen molar-refractivity contribution in [3.05, 3.63) is 29.3 Å². The maximum absolute atomic E-state index is 10.9. The van der Waals surface area contributed by atoms with Crippen LogP contribution in [-0.4, -0.2) is 14.3 Å². The lowest BCUT2D eigenvalue weighted by atomic mass is 10.1. The van der Waals surface area contributed by atoms with Crippen LogP contribution in [0.4, 0.5) is 0 Å². The maximum atomic E-state index is 10.9. The Hall–Kier alpha value is -1.07. The Bertz CT molecular complexity index is 481. The van der Waals surface area contributed by atoms with Gasteiger partial charge in [-0.15, -0.1) is 0 Å². The van der Waals surface area contributed by atoms with Crippen LogP contribution in [0.5, 0.6) is 0 Å². The molecule has 1 aromatic carbocycles. The fraction of sp³-hybridized carbons (Fsp3) is 0.125. The molecule has 0 fully saturated rings. The number of rotatable bonds is 2. The topological polar surface area (TPSA) is 77.2 Å². The SMILES string of the molecule is Cc1ccc(S(=O)(=O)Cl)cc1C(N)=O. The Balaban J connectivity index is 3.42. The molecule has 2 N–H and O–H groups in total. The predicted octanol–water partition coefficient (Wildman–Crippen LogP) is 1.02. The van der Waals surface area contributed by atoms with Gasteiger partial charge in [0.05, 0.1) is 4.90 Å². The van der Waals surface area contributed by atoms with Gasteiger partial charge in [0.15, 0.2) is 0 Å². The number of carbonyl (C=O) groups excluding carboxylic acids is 1. The van der Waals surface area contributed by atoms with Gasteiger partial charge >= 0.3 is 0 Å². The van der Waals surface area contributed by atoms with Gasteiger partial charge in [-0.3, -0.25) is 4.79 Å². The maximum Gasteiger partial charge on any atom is 0.261 e. The first-order chi connectivity index (χ1) is 6.32. The number of hydrogen-bond donors (Lipinski definition) is 1. The summed E-state index contributed by atoms with van der Waals surface area (Å²) < 4.78 is 21.9. The van der Waals surface area contributed by atoms with Crippen molar-refractivity contribution in [2.24, 2.45) is 5.73 Å². The van der Waals surface area contributed by atoms with Crippen molar-refractivity contribution in [2.75, 3.05) is 0 Å². The molecule has 76 valence electrons. The van der Waals surface area contributed by atoms with Gasteiger partial charge in [-0.25, -0.2) is 8.42 Å². The molecular formula is C8H8ClNO3S. The molecule has 0 heterocycles. The third-order valence-electron chi connectivity index (χ3n) is 1.76. The third-order valence-corrected chi connectivity index (χ3v) is 3.11. The summed E-state index contributed by atoms with van der Waals surface area (Å²) in [4.78, 5) is 10.8. The van der Waals surface area contributed by atoms with Gasteiger partial charge in [0.1, 0.15) is 0 Å². The van der Waals surface area contributed by atoms with Crippen LogP contribution in [-0.2, 0) is 9.05 Å². The van der Waals surface area contributed by atoms with Crippen molar-refractivity contribution in [1.29, 1.82) is 0 Å². The Labute approximate surface area is 86.1 Å². The zero-order valence-corrected chi connectivity index (χ0v) is 8.89. The molecule has 0 saturated carbocycles. The average Bonchev–Trinajstić information content (AvgIpc) is 2.02. The highest BCUT2D eigenvalue weighted by atomic mass is 35.7. The molecule has 14 heavy (non-hydrogen) atoms. The van der Waals surface area contributed by atoms with E-state index in [4.69, 9.17) is 16.4 Å². The summed E-state index contributed by atoms with van der Waals surface area (Å²) in [6, 6.07) is 3.97. The van der Waals surface area contributed by atoms with Crippen LogP contribution in [0, 0.1) is 6.92 Å². The summed E-state index contributed by atoms with van der Waals surface area (Å²) in [5, 5.41) is 0. The summed E-state index contributed by atoms with van der Waals surface area (Å²) in [6.45, 7) is 1.66. The lowest BCUT2D eigenvalue weighted by Crippen LogP contribution is -2.13. The van der Waals surface area contributed by atoms with E-state index >= 15 is 0 Å². The summed E-state index contributed by atoms with van der Waals surface area (Å²) >= 11 is 0. The van der Waals surface area contributed by atoms with Crippen LogP contribution < -0.4 is 5.73 Å². The first-order valence-electron chi connectivity index (χ1n) is 3.67. The minimum absolute atomic E-state index is 0.126. The molecule has 1 aromatic rings. The molecule has 0 spiro atoms. The number of primary amides is 1. The molecule has 6 heteroatoms. The van der Waals surface area contributed by atoms with E-state index in [9.17, 15) is 13.2 Å². The molecule has 1 rings (SSSR count). The number of nitrogens with two attached hydrogens (primary N) is 1. The molecule has 1 amide bonds. The van der Waals surface area contributed by atoms with Crippen LogP contribution in [0.2, 0.25) is 0 Å². The third kappa shape index (κ3) is 2.24. The van der Waals surface area contributed by atoms with E-state index in [-0.39, 0.29) is 10.5 Å². The second kappa shape index (κ2) is 3.59. The lowest BCUT2D eigenvalue weighted by molar-refractivity contribution is 0.0999. The fourth-order valence-electron chi connectivity index (χ4n) is 1.02. The van der Waals surface area contributed by atoms with Crippen molar-refractivity contribution in [3.63, 3.8) is 0 Å². The van der Waals surface area contributed by atoms with Crippen LogP contribution in [0.1, 0.15) is 15.9 Å². The average molecular weight is 234 g/mol. The summed E-state index contributed by atoms with van der Waals surface area (Å²) in [7, 11) is 1.30. The van der Waals surface area contributed by atoms with Gasteiger partial charge in [-0.05, 0) is 24.6 Å². The normalized spacial score (nSPS) is 11.3. The fourth-order valence-corrected chi connectivity index (χ4v) is 1.80. The Kier molecular flexibility index (Phi) is 2.82. The minimum atomic E-state index is -3.81. The highest BCUT2D eigenvalue weighted by Crippen LogP contribution is 2.18. The molecule has 0 saturated heterocycles. The smallest absolute Gasteiger partial charge is 0.261 e. The zero-order valence-electron chi connectivity index (χ0n) is 7.32. The highest BCUT2D eigenvalue weighted by molar-refractivity contribution is 8.13. The van der Waals surface area contributed by atoms with Gasteiger partial charge in [-0.1, -0.05) is 6.07 Å². The van der Waals surface area contributed by atoms with Gasteiger partial charge in [0.25, 0.3) is 9.05 Å². The molecule has 0 aromatic heterocycles. The molecule has 0 atom stereocenters. The standard InChI is InChI=1S/C8H8ClNO3S/c1-5-2-3-6(14(9,12)13)4-7(5)8(10)11/h2-4H,1H3,(H2,10,11). The lowest BCUT2D eigenvalue weighted by Gasteiger charge is -2.02. The van der Waals surface area contributed by atoms with E-state index in [1.807, 2.05) is 0 Å². The van der Waals surface area contributed by atoms with Gasteiger partial charge in [-0.2, -0.15) is 0 Å². The van der Waals surface area contributed by atoms with E-state index in [0.717, 1.165) is 0 Å². The van der Waals surface area contributed by atoms with Crippen LogP contribution in [0.3, 0.4) is 0 Å². The number of aryl methyl sites for hydroxylation is 1. The first-order valence-corrected chi connectivity index (χ1v) is 5.98. The number of hydrogen-bond acceptors (Lipinski definition) is 3. The number of halogens is 1. The summed E-state index contributed by atoms with van der Waals surface area (Å²) in [5.74, 6) is -0.676. The molecule has 0 aliphatic rings. The van der Waals surface area contributed by atoms with E-state index < -0.39 is 15.0 Å². The van der Waals surface area contributed by atoms with Gasteiger partial charge in [0.2, 0.25) is 5.91 Å². The summed E-state index contributed by atoms with van der Waals surface area (Å²) in [5.41, 5.74) is 5.82. The minimum Gasteiger partial charge on any atom is -0.366 e. The monoisotopic (exact) mass is 233 g/mol. The molecule has 0 bridgehead atoms. The zero-order chi connectivity index (χ0) is 10.9. The van der Waals surface area contributed by atoms with E-state index in [0.29, 0.717) is 5.56 Å². The molecule has 0 unspecified atom stereocenters. The Morgan fingerprint density at radius 3 is 2.43 bits per heavy atom. The van der Waals surface area contributed by atoms with Crippen molar-refractivity contribution in [1.82, 2.24) is 0 Å².